The van der Waals surface area contributed by atoms with Gasteiger partial charge in [-0.25, -0.2) is 9.59 Å². The smallest absolute Gasteiger partial charge is 0.394 e. The quantitative estimate of drug-likeness (QED) is 0.506. The predicted octanol–water partition coefficient (Wildman–Crippen LogP) is 0.389. The van der Waals surface area contributed by atoms with Crippen LogP contribution < -0.4 is 5.32 Å². The first-order valence-corrected chi connectivity index (χ1v) is 4.34. The van der Waals surface area contributed by atoms with E-state index in [4.69, 9.17) is 16.6 Å². The van der Waals surface area contributed by atoms with Gasteiger partial charge in [-0.1, -0.05) is 5.92 Å². The first kappa shape index (κ1) is 12.3. The van der Waals surface area contributed by atoms with Crippen molar-refractivity contribution in [3.8, 4) is 12.3 Å². The summed E-state index contributed by atoms with van der Waals surface area (Å²) in [5.41, 5.74) is -0.0744. The Labute approximate surface area is 95.9 Å². The maximum absolute atomic E-state index is 10.9. The topological polar surface area (TPSA) is 104 Å². The Kier molecular flexibility index (Phi) is 3.47. The van der Waals surface area contributed by atoms with Crippen LogP contribution in [0.25, 0.3) is 0 Å². The van der Waals surface area contributed by atoms with Crippen LogP contribution in [0.5, 0.6) is 0 Å². The lowest BCUT2D eigenvalue weighted by Crippen LogP contribution is -2.23. The van der Waals surface area contributed by atoms with E-state index in [1.807, 2.05) is 5.32 Å². The number of carbonyl (C=O) groups is 3. The normalized spacial score (nSPS) is 9.12. The van der Waals surface area contributed by atoms with Gasteiger partial charge in [-0.05, 0) is 18.2 Å². The molecule has 0 saturated carbocycles. The second-order valence-corrected chi connectivity index (χ2v) is 2.97. The molecule has 86 valence electrons. The van der Waals surface area contributed by atoms with Crippen LogP contribution in [-0.2, 0) is 9.59 Å². The van der Waals surface area contributed by atoms with Crippen LogP contribution in [-0.4, -0.2) is 28.1 Å². The number of benzene rings is 1. The van der Waals surface area contributed by atoms with E-state index in [9.17, 15) is 14.4 Å². The molecule has 0 atom stereocenters. The first-order valence-electron chi connectivity index (χ1n) is 4.34. The summed E-state index contributed by atoms with van der Waals surface area (Å²) in [6.45, 7) is 0. The molecule has 1 aromatic carbocycles. The summed E-state index contributed by atoms with van der Waals surface area (Å²) in [7, 11) is 0. The van der Waals surface area contributed by atoms with Crippen molar-refractivity contribution in [3.05, 3.63) is 29.3 Å². The van der Waals surface area contributed by atoms with Crippen LogP contribution in [0.1, 0.15) is 15.9 Å². The summed E-state index contributed by atoms with van der Waals surface area (Å²) >= 11 is 0. The highest BCUT2D eigenvalue weighted by Gasteiger charge is 2.16. The van der Waals surface area contributed by atoms with E-state index >= 15 is 0 Å². The monoisotopic (exact) mass is 233 g/mol. The summed E-state index contributed by atoms with van der Waals surface area (Å²) in [5.74, 6) is -2.11. The molecule has 0 heterocycles. The van der Waals surface area contributed by atoms with Gasteiger partial charge in [0.25, 0.3) is 0 Å². The van der Waals surface area contributed by atoms with Crippen LogP contribution in [0.2, 0.25) is 0 Å². The molecule has 0 radical (unpaired) electrons. The lowest BCUT2D eigenvalue weighted by atomic mass is 10.1. The number of carbonyl (C=O) groups excluding carboxylic acids is 1. The second kappa shape index (κ2) is 4.81. The zero-order chi connectivity index (χ0) is 13.0. The number of anilines is 1. The molecule has 1 aromatic rings. The van der Waals surface area contributed by atoms with Gasteiger partial charge in [0.1, 0.15) is 0 Å². The zero-order valence-corrected chi connectivity index (χ0v) is 8.43. The van der Waals surface area contributed by atoms with E-state index < -0.39 is 17.8 Å². The van der Waals surface area contributed by atoms with Crippen LogP contribution in [0, 0.1) is 12.3 Å². The summed E-state index contributed by atoms with van der Waals surface area (Å²) in [4.78, 5) is 32.1. The fraction of sp³-hybridized carbons (Fsp3) is 0. The zero-order valence-electron chi connectivity index (χ0n) is 8.43. The fourth-order valence-electron chi connectivity index (χ4n) is 1.10. The van der Waals surface area contributed by atoms with E-state index in [0.29, 0.717) is 5.56 Å². The van der Waals surface area contributed by atoms with E-state index in [-0.39, 0.29) is 11.3 Å². The Bertz CT molecular complexity index is 541. The molecule has 0 spiro atoms. The summed E-state index contributed by atoms with van der Waals surface area (Å²) in [6, 6.07) is 3.79. The molecule has 6 nitrogen and oxygen atoms in total. The summed E-state index contributed by atoms with van der Waals surface area (Å²) in [6.07, 6.45) is 5.09. The molecule has 0 aliphatic heterocycles. The molecule has 6 heteroatoms. The van der Waals surface area contributed by atoms with Crippen LogP contribution >= 0.6 is 0 Å². The number of rotatable bonds is 2. The highest BCUT2D eigenvalue weighted by molar-refractivity contribution is 6.36. The maximum atomic E-state index is 10.9. The minimum absolute atomic E-state index is 0.121. The van der Waals surface area contributed by atoms with Gasteiger partial charge in [0.15, 0.2) is 0 Å². The first-order chi connectivity index (χ1) is 7.95. The molecule has 0 unspecified atom stereocenters. The van der Waals surface area contributed by atoms with Gasteiger partial charge >= 0.3 is 17.8 Å². The van der Waals surface area contributed by atoms with E-state index in [2.05, 4.69) is 5.92 Å². The number of nitrogens with one attached hydrogen (secondary N) is 1. The van der Waals surface area contributed by atoms with Gasteiger partial charge in [-0.2, -0.15) is 0 Å². The average Bonchev–Trinajstić information content (AvgIpc) is 2.29. The molecule has 1 amide bonds. The second-order valence-electron chi connectivity index (χ2n) is 2.97. The van der Waals surface area contributed by atoms with Crippen molar-refractivity contribution in [2.45, 2.75) is 0 Å². The number of aromatic carboxylic acids is 1. The summed E-state index contributed by atoms with van der Waals surface area (Å²) in [5, 5.41) is 19.2. The van der Waals surface area contributed by atoms with Gasteiger partial charge in [-0.15, -0.1) is 6.42 Å². The van der Waals surface area contributed by atoms with Crippen molar-refractivity contribution in [1.82, 2.24) is 0 Å². The van der Waals surface area contributed by atoms with Crippen LogP contribution in [0.15, 0.2) is 18.2 Å². The fourth-order valence-corrected chi connectivity index (χ4v) is 1.10. The Balaban J connectivity index is 3.16. The van der Waals surface area contributed by atoms with Crippen molar-refractivity contribution in [2.24, 2.45) is 0 Å². The van der Waals surface area contributed by atoms with E-state index in [1.165, 1.54) is 18.2 Å². The molecular weight excluding hydrogens is 226 g/mol. The number of terminal acetylenes is 1. The maximum Gasteiger partial charge on any atom is 0.394 e. The molecule has 0 fully saturated rings. The van der Waals surface area contributed by atoms with Gasteiger partial charge in [0.2, 0.25) is 0 Å². The molecule has 0 saturated heterocycles. The highest BCUT2D eigenvalue weighted by Crippen LogP contribution is 2.17. The van der Waals surface area contributed by atoms with Crippen molar-refractivity contribution >= 4 is 23.5 Å². The van der Waals surface area contributed by atoms with E-state index in [0.717, 1.165) is 0 Å². The van der Waals surface area contributed by atoms with Gasteiger partial charge in [-0.3, -0.25) is 4.79 Å². The molecule has 0 aliphatic carbocycles. The Morgan fingerprint density at radius 2 is 1.88 bits per heavy atom. The van der Waals surface area contributed by atoms with Crippen molar-refractivity contribution in [2.75, 3.05) is 5.32 Å². The third-order valence-electron chi connectivity index (χ3n) is 1.86. The number of hydrogen-bond donors (Lipinski definition) is 3. The SMILES string of the molecule is C#Cc1ccc(NC(=O)C(=O)O)c(C(=O)O)c1. The number of amides is 1. The predicted molar refractivity (Wildman–Crippen MR) is 57.6 cm³/mol. The van der Waals surface area contributed by atoms with Gasteiger partial charge in [0, 0.05) is 5.56 Å². The van der Waals surface area contributed by atoms with Gasteiger partial charge < -0.3 is 15.5 Å². The van der Waals surface area contributed by atoms with Crippen molar-refractivity contribution < 1.29 is 24.6 Å². The standard InChI is InChI=1S/C11H7NO5/c1-2-6-3-4-8(7(5-6)10(14)15)12-9(13)11(16)17/h1,3-5H,(H,12,13)(H,14,15)(H,16,17). The minimum Gasteiger partial charge on any atom is -0.478 e. The van der Waals surface area contributed by atoms with E-state index in [1.54, 1.807) is 0 Å². The minimum atomic E-state index is -1.71. The number of carboxylic acids is 2. The molecule has 0 bridgehead atoms. The Morgan fingerprint density at radius 3 is 2.35 bits per heavy atom. The van der Waals surface area contributed by atoms with Crippen LogP contribution in [0.4, 0.5) is 5.69 Å². The summed E-state index contributed by atoms with van der Waals surface area (Å²) < 4.78 is 0. The molecule has 0 aromatic heterocycles. The Hall–Kier alpha value is -2.81. The van der Waals surface area contributed by atoms with Gasteiger partial charge in [0.05, 0.1) is 11.3 Å². The third-order valence-corrected chi connectivity index (χ3v) is 1.86. The largest absolute Gasteiger partial charge is 0.478 e. The Morgan fingerprint density at radius 1 is 1.24 bits per heavy atom. The average molecular weight is 233 g/mol. The highest BCUT2D eigenvalue weighted by atomic mass is 16.4. The van der Waals surface area contributed by atoms with Crippen molar-refractivity contribution in [1.29, 1.82) is 0 Å². The molecule has 1 rings (SSSR count). The van der Waals surface area contributed by atoms with Crippen LogP contribution in [0.3, 0.4) is 0 Å². The number of aliphatic carboxylic acids is 1. The number of hydrogen-bond acceptors (Lipinski definition) is 3. The lowest BCUT2D eigenvalue weighted by Gasteiger charge is -2.06. The van der Waals surface area contributed by atoms with Crippen molar-refractivity contribution in [3.63, 3.8) is 0 Å². The number of carboxylic acid groups (broad SMARTS) is 2. The molecular formula is C11H7NO5. The lowest BCUT2D eigenvalue weighted by molar-refractivity contribution is -0.147. The molecule has 0 aliphatic rings. The third kappa shape index (κ3) is 2.82. The molecule has 17 heavy (non-hydrogen) atoms. The molecule has 3 N–H and O–H groups in total.